The van der Waals surface area contributed by atoms with Crippen LogP contribution < -0.4 is 5.32 Å². The standard InChI is InChI=1S/C17H32N4O2/c1-6-12-21-15(9-11-19-21)14-18-10-8-13-20(7-2)16(22)23-17(3,4)5/h9,11,18H,6-8,10,12-14H2,1-5H3. The Hall–Kier alpha value is -1.56. The quantitative estimate of drug-likeness (QED) is 0.709. The Kier molecular flexibility index (Phi) is 8.09. The van der Waals surface area contributed by atoms with Crippen LogP contribution in [0.5, 0.6) is 0 Å². The molecular formula is C17H32N4O2. The van der Waals surface area contributed by atoms with Gasteiger partial charge < -0.3 is 15.0 Å². The zero-order chi connectivity index (χ0) is 17.3. The van der Waals surface area contributed by atoms with Crippen LogP contribution in [0.25, 0.3) is 0 Å². The maximum absolute atomic E-state index is 12.0. The molecule has 0 aliphatic carbocycles. The topological polar surface area (TPSA) is 59.4 Å². The lowest BCUT2D eigenvalue weighted by molar-refractivity contribution is 0.0258. The fourth-order valence-corrected chi connectivity index (χ4v) is 2.24. The van der Waals surface area contributed by atoms with Gasteiger partial charge in [-0.3, -0.25) is 4.68 Å². The van der Waals surface area contributed by atoms with E-state index < -0.39 is 5.60 Å². The van der Waals surface area contributed by atoms with Crippen LogP contribution in [-0.2, 0) is 17.8 Å². The molecule has 0 radical (unpaired) electrons. The average Bonchev–Trinajstić information content (AvgIpc) is 2.88. The van der Waals surface area contributed by atoms with Crippen molar-refractivity contribution in [2.24, 2.45) is 0 Å². The molecule has 1 aromatic rings. The number of nitrogens with one attached hydrogen (secondary N) is 1. The first kappa shape index (κ1) is 19.5. The number of ether oxygens (including phenoxy) is 1. The fraction of sp³-hybridized carbons (Fsp3) is 0.765. The minimum absolute atomic E-state index is 0.235. The summed E-state index contributed by atoms with van der Waals surface area (Å²) in [4.78, 5) is 13.8. The summed E-state index contributed by atoms with van der Waals surface area (Å²) in [7, 11) is 0. The zero-order valence-electron chi connectivity index (χ0n) is 15.3. The molecule has 0 saturated carbocycles. The normalized spacial score (nSPS) is 11.5. The third-order valence-corrected chi connectivity index (χ3v) is 3.36. The number of aryl methyl sites for hydroxylation is 1. The lowest BCUT2D eigenvalue weighted by Gasteiger charge is -2.26. The van der Waals surface area contributed by atoms with Gasteiger partial charge in [0.2, 0.25) is 0 Å². The molecule has 23 heavy (non-hydrogen) atoms. The van der Waals surface area contributed by atoms with Crippen molar-refractivity contribution in [3.63, 3.8) is 0 Å². The van der Waals surface area contributed by atoms with Gasteiger partial charge in [0.25, 0.3) is 0 Å². The Labute approximate surface area is 140 Å². The van der Waals surface area contributed by atoms with E-state index >= 15 is 0 Å². The molecular weight excluding hydrogens is 292 g/mol. The van der Waals surface area contributed by atoms with Crippen LogP contribution in [0.2, 0.25) is 0 Å². The average molecular weight is 324 g/mol. The van der Waals surface area contributed by atoms with Gasteiger partial charge in [0.05, 0.1) is 5.69 Å². The molecule has 0 spiro atoms. The maximum atomic E-state index is 12.0. The Bertz CT molecular complexity index is 465. The van der Waals surface area contributed by atoms with E-state index in [-0.39, 0.29) is 6.09 Å². The molecule has 6 heteroatoms. The summed E-state index contributed by atoms with van der Waals surface area (Å²) in [5.41, 5.74) is 0.756. The van der Waals surface area contributed by atoms with Crippen LogP contribution in [0.3, 0.4) is 0 Å². The van der Waals surface area contributed by atoms with E-state index in [1.54, 1.807) is 4.90 Å². The van der Waals surface area contributed by atoms with Gasteiger partial charge in [0.1, 0.15) is 5.60 Å². The highest BCUT2D eigenvalue weighted by atomic mass is 16.6. The molecule has 132 valence electrons. The number of nitrogens with zero attached hydrogens (tertiary/aromatic N) is 3. The molecule has 1 amide bonds. The van der Waals surface area contributed by atoms with Gasteiger partial charge in [-0.15, -0.1) is 0 Å². The van der Waals surface area contributed by atoms with Crippen molar-refractivity contribution in [3.05, 3.63) is 18.0 Å². The first-order valence-electron chi connectivity index (χ1n) is 8.56. The minimum atomic E-state index is -0.444. The maximum Gasteiger partial charge on any atom is 0.410 e. The fourth-order valence-electron chi connectivity index (χ4n) is 2.24. The molecule has 0 saturated heterocycles. The number of amides is 1. The first-order valence-corrected chi connectivity index (χ1v) is 8.56. The number of hydrogen-bond donors (Lipinski definition) is 1. The Morgan fingerprint density at radius 3 is 2.74 bits per heavy atom. The highest BCUT2D eigenvalue weighted by molar-refractivity contribution is 5.68. The predicted molar refractivity (Wildman–Crippen MR) is 92.3 cm³/mol. The summed E-state index contributed by atoms with van der Waals surface area (Å²) in [6, 6.07) is 2.04. The summed E-state index contributed by atoms with van der Waals surface area (Å²) in [5, 5.41) is 7.72. The molecule has 0 atom stereocenters. The zero-order valence-corrected chi connectivity index (χ0v) is 15.3. The third-order valence-electron chi connectivity index (χ3n) is 3.36. The van der Waals surface area contributed by atoms with E-state index in [2.05, 4.69) is 17.3 Å². The molecule has 0 aliphatic heterocycles. The Balaban J connectivity index is 2.27. The lowest BCUT2D eigenvalue weighted by atomic mass is 10.2. The molecule has 0 bridgehead atoms. The molecule has 0 fully saturated rings. The van der Waals surface area contributed by atoms with E-state index in [9.17, 15) is 4.79 Å². The van der Waals surface area contributed by atoms with E-state index in [0.29, 0.717) is 13.1 Å². The van der Waals surface area contributed by atoms with E-state index in [4.69, 9.17) is 4.74 Å². The van der Waals surface area contributed by atoms with Gasteiger partial charge in [0.15, 0.2) is 0 Å². The van der Waals surface area contributed by atoms with Crippen molar-refractivity contribution in [1.29, 1.82) is 0 Å². The largest absolute Gasteiger partial charge is 0.444 e. The van der Waals surface area contributed by atoms with Crippen molar-refractivity contribution in [1.82, 2.24) is 20.0 Å². The summed E-state index contributed by atoms with van der Waals surface area (Å²) in [5.74, 6) is 0. The van der Waals surface area contributed by atoms with Gasteiger partial charge in [-0.25, -0.2) is 4.79 Å². The van der Waals surface area contributed by atoms with Crippen molar-refractivity contribution >= 4 is 6.09 Å². The van der Waals surface area contributed by atoms with E-state index in [1.807, 2.05) is 44.6 Å². The molecule has 0 aliphatic rings. The predicted octanol–water partition coefficient (Wildman–Crippen LogP) is 3.03. The second kappa shape index (κ2) is 9.55. The molecule has 1 heterocycles. The minimum Gasteiger partial charge on any atom is -0.444 e. The number of hydrogen-bond acceptors (Lipinski definition) is 4. The SMILES string of the molecule is CCCn1nccc1CNCCCN(CC)C(=O)OC(C)(C)C. The highest BCUT2D eigenvalue weighted by Gasteiger charge is 2.20. The van der Waals surface area contributed by atoms with Gasteiger partial charge in [-0.2, -0.15) is 5.10 Å². The Morgan fingerprint density at radius 2 is 2.13 bits per heavy atom. The molecule has 6 nitrogen and oxygen atoms in total. The number of carbonyl (C=O) groups excluding carboxylic acids is 1. The monoisotopic (exact) mass is 324 g/mol. The van der Waals surface area contributed by atoms with Gasteiger partial charge >= 0.3 is 6.09 Å². The van der Waals surface area contributed by atoms with Crippen LogP contribution in [0.1, 0.15) is 53.2 Å². The Morgan fingerprint density at radius 1 is 1.39 bits per heavy atom. The van der Waals surface area contributed by atoms with Crippen LogP contribution >= 0.6 is 0 Å². The summed E-state index contributed by atoms with van der Waals surface area (Å²) in [6.07, 6.45) is 3.58. The second-order valence-electron chi connectivity index (χ2n) is 6.64. The van der Waals surface area contributed by atoms with Gasteiger partial charge in [-0.1, -0.05) is 6.92 Å². The number of carbonyl (C=O) groups is 1. The van der Waals surface area contributed by atoms with Gasteiger partial charge in [-0.05, 0) is 53.1 Å². The van der Waals surface area contributed by atoms with Crippen molar-refractivity contribution in [3.8, 4) is 0 Å². The smallest absolute Gasteiger partial charge is 0.410 e. The molecule has 0 unspecified atom stereocenters. The van der Waals surface area contributed by atoms with Crippen LogP contribution in [0, 0.1) is 0 Å². The highest BCUT2D eigenvalue weighted by Crippen LogP contribution is 2.10. The van der Waals surface area contributed by atoms with Crippen LogP contribution in [-0.4, -0.2) is 46.0 Å². The summed E-state index contributed by atoms with van der Waals surface area (Å²) < 4.78 is 7.44. The van der Waals surface area contributed by atoms with Crippen molar-refractivity contribution in [2.75, 3.05) is 19.6 Å². The molecule has 1 aromatic heterocycles. The molecule has 0 aromatic carbocycles. The van der Waals surface area contributed by atoms with E-state index in [1.165, 1.54) is 5.69 Å². The lowest BCUT2D eigenvalue weighted by Crippen LogP contribution is -2.38. The number of aromatic nitrogens is 2. The summed E-state index contributed by atoms with van der Waals surface area (Å²) in [6.45, 7) is 13.8. The summed E-state index contributed by atoms with van der Waals surface area (Å²) >= 11 is 0. The van der Waals surface area contributed by atoms with Crippen LogP contribution in [0.4, 0.5) is 4.79 Å². The molecule has 1 rings (SSSR count). The number of rotatable bonds is 9. The molecule has 1 N–H and O–H groups in total. The first-order chi connectivity index (χ1) is 10.9. The third kappa shape index (κ3) is 7.50. The second-order valence-corrected chi connectivity index (χ2v) is 6.64. The van der Waals surface area contributed by atoms with Crippen molar-refractivity contribution < 1.29 is 9.53 Å². The van der Waals surface area contributed by atoms with E-state index in [0.717, 1.165) is 32.5 Å². The van der Waals surface area contributed by atoms with Gasteiger partial charge in [0, 0.05) is 32.4 Å². The van der Waals surface area contributed by atoms with Crippen LogP contribution in [0.15, 0.2) is 12.3 Å². The van der Waals surface area contributed by atoms with Crippen molar-refractivity contribution in [2.45, 2.75) is 66.2 Å².